The summed E-state index contributed by atoms with van der Waals surface area (Å²) < 4.78 is 45.4. The third-order valence-corrected chi connectivity index (χ3v) is 4.38. The second-order valence-electron chi connectivity index (χ2n) is 2.91. The van der Waals surface area contributed by atoms with Gasteiger partial charge < -0.3 is 0 Å². The molecule has 0 spiro atoms. The number of nitriles is 1. The summed E-state index contributed by atoms with van der Waals surface area (Å²) in [5, 5.41) is 13.2. The van der Waals surface area contributed by atoms with Crippen molar-refractivity contribution in [3.63, 3.8) is 0 Å². The van der Waals surface area contributed by atoms with E-state index >= 15 is 0 Å². The molecule has 1 rings (SSSR count). The van der Waals surface area contributed by atoms with Gasteiger partial charge in [0.1, 0.15) is 10.6 Å². The number of hydrogen-bond acceptors (Lipinski definition) is 5. The molecule has 0 saturated carbocycles. The minimum absolute atomic E-state index is 0.445. The standard InChI is InChI=1S/C8H8N2O4S2/c9-5-6-15(11,12)7-3-1-2-4-8(7)16(10,13)14/h1-4H,6H2,(H2,10,13,14). The number of primary sulfonamides is 1. The number of sulfonamides is 1. The molecule has 2 N–H and O–H groups in total. The van der Waals surface area contributed by atoms with E-state index in [1.165, 1.54) is 18.2 Å². The minimum atomic E-state index is -4.12. The van der Waals surface area contributed by atoms with Gasteiger partial charge in [-0.05, 0) is 12.1 Å². The fraction of sp³-hybridized carbons (Fsp3) is 0.125. The Morgan fingerprint density at radius 3 is 2.06 bits per heavy atom. The topological polar surface area (TPSA) is 118 Å². The van der Waals surface area contributed by atoms with Crippen LogP contribution >= 0.6 is 0 Å². The normalized spacial score (nSPS) is 12.0. The first-order valence-corrected chi connectivity index (χ1v) is 7.20. The molecule has 0 aromatic heterocycles. The van der Waals surface area contributed by atoms with Gasteiger partial charge in [0.15, 0.2) is 9.84 Å². The fourth-order valence-corrected chi connectivity index (χ4v) is 3.44. The Bertz CT molecular complexity index is 641. The molecular formula is C8H8N2O4S2. The van der Waals surface area contributed by atoms with Crippen molar-refractivity contribution in [2.24, 2.45) is 5.14 Å². The van der Waals surface area contributed by atoms with Crippen molar-refractivity contribution >= 4 is 19.9 Å². The Kier molecular flexibility index (Phi) is 3.32. The summed E-state index contributed by atoms with van der Waals surface area (Å²) >= 11 is 0. The summed E-state index contributed by atoms with van der Waals surface area (Å²) in [6.07, 6.45) is 0. The van der Waals surface area contributed by atoms with Gasteiger partial charge in [-0.25, -0.2) is 22.0 Å². The second kappa shape index (κ2) is 4.21. The van der Waals surface area contributed by atoms with Crippen molar-refractivity contribution < 1.29 is 16.8 Å². The van der Waals surface area contributed by atoms with E-state index in [0.29, 0.717) is 0 Å². The van der Waals surface area contributed by atoms with Gasteiger partial charge >= 0.3 is 0 Å². The molecule has 0 aliphatic heterocycles. The van der Waals surface area contributed by atoms with Crippen molar-refractivity contribution in [1.82, 2.24) is 0 Å². The van der Waals surface area contributed by atoms with Crippen LogP contribution in [-0.2, 0) is 19.9 Å². The van der Waals surface area contributed by atoms with Crippen molar-refractivity contribution in [3.8, 4) is 6.07 Å². The van der Waals surface area contributed by atoms with Crippen LogP contribution < -0.4 is 5.14 Å². The summed E-state index contributed by atoms with van der Waals surface area (Å²) in [4.78, 5) is -0.940. The number of benzene rings is 1. The predicted molar refractivity (Wildman–Crippen MR) is 55.5 cm³/mol. The van der Waals surface area contributed by atoms with E-state index in [-0.39, 0.29) is 0 Å². The van der Waals surface area contributed by atoms with E-state index in [9.17, 15) is 16.8 Å². The molecule has 8 heteroatoms. The first kappa shape index (κ1) is 12.6. The van der Waals surface area contributed by atoms with Gasteiger partial charge in [-0.15, -0.1) is 0 Å². The Hall–Kier alpha value is -1.43. The lowest BCUT2D eigenvalue weighted by Crippen LogP contribution is -2.17. The smallest absolute Gasteiger partial charge is 0.225 e. The quantitative estimate of drug-likeness (QED) is 0.795. The first-order valence-electron chi connectivity index (χ1n) is 4.00. The zero-order valence-electron chi connectivity index (χ0n) is 7.99. The van der Waals surface area contributed by atoms with Crippen LogP contribution in [0.25, 0.3) is 0 Å². The molecule has 1 aromatic carbocycles. The van der Waals surface area contributed by atoms with Crippen LogP contribution in [0.15, 0.2) is 34.1 Å². The van der Waals surface area contributed by atoms with Gasteiger partial charge in [-0.1, -0.05) is 12.1 Å². The Morgan fingerprint density at radius 1 is 1.12 bits per heavy atom. The first-order chi connectivity index (χ1) is 7.29. The van der Waals surface area contributed by atoms with Gasteiger partial charge in [-0.3, -0.25) is 0 Å². The van der Waals surface area contributed by atoms with E-state index in [0.717, 1.165) is 12.1 Å². The van der Waals surface area contributed by atoms with Gasteiger partial charge in [0, 0.05) is 0 Å². The molecule has 0 heterocycles. The molecule has 0 aliphatic carbocycles. The molecule has 0 aliphatic rings. The molecule has 0 atom stereocenters. The van der Waals surface area contributed by atoms with Crippen molar-refractivity contribution in [3.05, 3.63) is 24.3 Å². The molecular weight excluding hydrogens is 252 g/mol. The average Bonchev–Trinajstić information content (AvgIpc) is 2.16. The largest absolute Gasteiger partial charge is 0.239 e. The van der Waals surface area contributed by atoms with Crippen LogP contribution in [0.5, 0.6) is 0 Å². The third kappa shape index (κ3) is 2.57. The maximum atomic E-state index is 11.6. The van der Waals surface area contributed by atoms with Crippen molar-refractivity contribution in [2.75, 3.05) is 5.75 Å². The highest BCUT2D eigenvalue weighted by Gasteiger charge is 2.23. The highest BCUT2D eigenvalue weighted by atomic mass is 32.2. The molecule has 0 amide bonds. The summed E-state index contributed by atoms with van der Waals surface area (Å²) in [7, 11) is -8.07. The van der Waals surface area contributed by atoms with Crippen LogP contribution in [0, 0.1) is 11.3 Å². The predicted octanol–water partition coefficient (Wildman–Crippen LogP) is -0.369. The zero-order chi connectivity index (χ0) is 12.4. The number of sulfone groups is 1. The van der Waals surface area contributed by atoms with Crippen LogP contribution in [-0.4, -0.2) is 22.6 Å². The van der Waals surface area contributed by atoms with Crippen LogP contribution in [0.3, 0.4) is 0 Å². The molecule has 16 heavy (non-hydrogen) atoms. The maximum Gasteiger partial charge on any atom is 0.239 e. The number of rotatable bonds is 3. The Labute approximate surface area is 93.3 Å². The van der Waals surface area contributed by atoms with Gasteiger partial charge in [0.2, 0.25) is 10.0 Å². The summed E-state index contributed by atoms with van der Waals surface area (Å²) in [5.41, 5.74) is 0. The number of nitrogens with zero attached hydrogens (tertiary/aromatic N) is 1. The van der Waals surface area contributed by atoms with Crippen molar-refractivity contribution in [1.29, 1.82) is 5.26 Å². The molecule has 0 saturated heterocycles. The van der Waals surface area contributed by atoms with Crippen LogP contribution in [0.1, 0.15) is 0 Å². The summed E-state index contributed by atoms with van der Waals surface area (Å²) in [6, 6.07) is 6.36. The third-order valence-electron chi connectivity index (χ3n) is 1.75. The lowest BCUT2D eigenvalue weighted by Gasteiger charge is -2.05. The SMILES string of the molecule is N#CCS(=O)(=O)c1ccccc1S(N)(=O)=O. The van der Waals surface area contributed by atoms with E-state index in [4.69, 9.17) is 10.4 Å². The molecule has 86 valence electrons. The molecule has 0 bridgehead atoms. The van der Waals surface area contributed by atoms with Crippen LogP contribution in [0.4, 0.5) is 0 Å². The summed E-state index contributed by atoms with van der Waals surface area (Å²) in [5.74, 6) is -0.792. The van der Waals surface area contributed by atoms with E-state index in [1.54, 1.807) is 0 Å². The molecule has 0 fully saturated rings. The lowest BCUT2D eigenvalue weighted by molar-refractivity contribution is 0.585. The van der Waals surface area contributed by atoms with E-state index in [2.05, 4.69) is 0 Å². The molecule has 0 unspecified atom stereocenters. The Morgan fingerprint density at radius 2 is 1.62 bits per heavy atom. The molecule has 6 nitrogen and oxygen atoms in total. The van der Waals surface area contributed by atoms with E-state index in [1.807, 2.05) is 0 Å². The fourth-order valence-electron chi connectivity index (χ4n) is 1.10. The second-order valence-corrected chi connectivity index (χ2v) is 6.40. The monoisotopic (exact) mass is 260 g/mol. The lowest BCUT2D eigenvalue weighted by atomic mass is 10.4. The summed E-state index contributed by atoms with van der Waals surface area (Å²) in [6.45, 7) is 0. The number of hydrogen-bond donors (Lipinski definition) is 1. The van der Waals surface area contributed by atoms with E-state index < -0.39 is 35.4 Å². The molecule has 1 aromatic rings. The Balaban J connectivity index is 3.55. The van der Waals surface area contributed by atoms with Crippen LogP contribution in [0.2, 0.25) is 0 Å². The van der Waals surface area contributed by atoms with Gasteiger partial charge in [0.25, 0.3) is 0 Å². The molecule has 0 radical (unpaired) electrons. The van der Waals surface area contributed by atoms with Crippen molar-refractivity contribution in [2.45, 2.75) is 9.79 Å². The zero-order valence-corrected chi connectivity index (χ0v) is 9.62. The van der Waals surface area contributed by atoms with Gasteiger partial charge in [0.05, 0.1) is 11.0 Å². The minimum Gasteiger partial charge on any atom is -0.225 e. The highest BCUT2D eigenvalue weighted by Crippen LogP contribution is 2.20. The average molecular weight is 260 g/mol. The highest BCUT2D eigenvalue weighted by molar-refractivity contribution is 7.93. The van der Waals surface area contributed by atoms with Gasteiger partial charge in [-0.2, -0.15) is 5.26 Å². The number of nitrogens with two attached hydrogens (primary N) is 1. The maximum absolute atomic E-state index is 11.6.